The minimum absolute atomic E-state index is 0. The molecule has 0 heterocycles. The molecule has 0 bridgehead atoms. The summed E-state index contributed by atoms with van der Waals surface area (Å²) in [4.78, 5) is 0. The van der Waals surface area contributed by atoms with Crippen molar-refractivity contribution in [2.75, 3.05) is 0 Å². The second-order valence-electron chi connectivity index (χ2n) is 3.47. The number of hydrogen-bond donors (Lipinski definition) is 1. The van der Waals surface area contributed by atoms with Crippen LogP contribution in [0.4, 0.5) is 0 Å². The van der Waals surface area contributed by atoms with E-state index in [1.54, 1.807) is 12.1 Å². The summed E-state index contributed by atoms with van der Waals surface area (Å²) in [5.41, 5.74) is 0.709. The van der Waals surface area contributed by atoms with E-state index in [1.807, 2.05) is 18.2 Å². The summed E-state index contributed by atoms with van der Waals surface area (Å²) in [6.07, 6.45) is 1.92. The Hall–Kier alpha value is -0.885. The molecule has 16 heavy (non-hydrogen) atoms. The van der Waals surface area contributed by atoms with Crippen molar-refractivity contribution in [2.24, 2.45) is 0 Å². The Bertz CT molecular complexity index is 405. The van der Waals surface area contributed by atoms with Crippen LogP contribution in [0.25, 0.3) is 0 Å². The highest BCUT2D eigenvalue weighted by molar-refractivity contribution is 8.14. The fraction of sp³-hybridized carbons (Fsp3) is 0.333. The van der Waals surface area contributed by atoms with Crippen LogP contribution in [0.5, 0.6) is 0 Å². The van der Waals surface area contributed by atoms with Crippen LogP contribution in [-0.2, 0) is 9.87 Å². The van der Waals surface area contributed by atoms with Gasteiger partial charge in [-0.05, 0) is 12.8 Å². The SMILES string of the molecule is O.O.O=S(=O)([B]c1ccccc1)NC1CC1. The zero-order chi connectivity index (χ0) is 10.0. The summed E-state index contributed by atoms with van der Waals surface area (Å²) < 4.78 is 25.6. The Morgan fingerprint density at radius 3 is 2.19 bits per heavy atom. The number of rotatable bonds is 4. The molecule has 89 valence electrons. The van der Waals surface area contributed by atoms with Crippen molar-refractivity contribution < 1.29 is 19.4 Å². The number of benzene rings is 1. The predicted molar refractivity (Wildman–Crippen MR) is 64.1 cm³/mol. The Morgan fingerprint density at radius 1 is 1.12 bits per heavy atom. The molecule has 1 aromatic carbocycles. The van der Waals surface area contributed by atoms with Crippen LogP contribution in [0.1, 0.15) is 12.8 Å². The molecule has 7 heteroatoms. The van der Waals surface area contributed by atoms with Gasteiger partial charge in [0, 0.05) is 6.04 Å². The van der Waals surface area contributed by atoms with Gasteiger partial charge in [0.2, 0.25) is 0 Å². The van der Waals surface area contributed by atoms with Crippen LogP contribution in [0.2, 0.25) is 0 Å². The minimum atomic E-state index is -3.25. The van der Waals surface area contributed by atoms with Crippen molar-refractivity contribution in [3.8, 4) is 0 Å². The standard InChI is InChI=1S/C9H11BNO2S.2H2O/c12-14(13,11-9-6-7-9)10-8-4-2-1-3-5-8;;/h1-5,9,11H,6-7H2;2*1H2. The minimum Gasteiger partial charge on any atom is -0.412 e. The molecular formula is C9H15BNO4S. The molecule has 0 aromatic heterocycles. The van der Waals surface area contributed by atoms with E-state index in [2.05, 4.69) is 4.72 Å². The fourth-order valence-corrected chi connectivity index (χ4v) is 2.46. The third kappa shape index (κ3) is 4.76. The van der Waals surface area contributed by atoms with Gasteiger partial charge in [0.05, 0.1) is 0 Å². The monoisotopic (exact) mass is 244 g/mol. The van der Waals surface area contributed by atoms with Crippen LogP contribution in [0.15, 0.2) is 30.3 Å². The van der Waals surface area contributed by atoms with Gasteiger partial charge in [0.25, 0.3) is 0 Å². The van der Waals surface area contributed by atoms with E-state index in [0.29, 0.717) is 5.46 Å². The largest absolute Gasteiger partial charge is 0.412 e. The summed E-state index contributed by atoms with van der Waals surface area (Å²) in [5.74, 6) is 0. The van der Waals surface area contributed by atoms with E-state index in [0.717, 1.165) is 12.8 Å². The number of hydrogen-bond acceptors (Lipinski definition) is 2. The molecule has 1 radical (unpaired) electrons. The topological polar surface area (TPSA) is 109 Å². The summed E-state index contributed by atoms with van der Waals surface area (Å²) in [6, 6.07) is 9.20. The summed E-state index contributed by atoms with van der Waals surface area (Å²) in [5, 5.41) is 0. The van der Waals surface area contributed by atoms with Gasteiger partial charge in [-0.1, -0.05) is 35.8 Å². The van der Waals surface area contributed by atoms with Crippen LogP contribution in [0, 0.1) is 0 Å². The smallest absolute Gasteiger partial charge is 0.338 e. The molecule has 1 fully saturated rings. The van der Waals surface area contributed by atoms with Crippen LogP contribution < -0.4 is 10.2 Å². The van der Waals surface area contributed by atoms with Gasteiger partial charge in [0.15, 0.2) is 9.87 Å². The summed E-state index contributed by atoms with van der Waals surface area (Å²) in [7, 11) is -3.25. The summed E-state index contributed by atoms with van der Waals surface area (Å²) >= 11 is 0. The van der Waals surface area contributed by atoms with Crippen LogP contribution in [0.3, 0.4) is 0 Å². The van der Waals surface area contributed by atoms with Gasteiger partial charge in [-0.3, -0.25) is 0 Å². The van der Waals surface area contributed by atoms with Gasteiger partial charge in [-0.25, -0.2) is 13.1 Å². The first-order chi connectivity index (χ1) is 6.66. The second-order valence-corrected chi connectivity index (χ2v) is 5.03. The van der Waals surface area contributed by atoms with E-state index in [1.165, 1.54) is 6.56 Å². The van der Waals surface area contributed by atoms with Gasteiger partial charge >= 0.3 is 6.56 Å². The first kappa shape index (κ1) is 15.1. The second kappa shape index (κ2) is 6.00. The zero-order valence-electron chi connectivity index (χ0n) is 8.68. The molecule has 5 nitrogen and oxygen atoms in total. The lowest BCUT2D eigenvalue weighted by Gasteiger charge is -2.03. The van der Waals surface area contributed by atoms with Gasteiger partial charge < -0.3 is 11.0 Å². The van der Waals surface area contributed by atoms with Crippen LogP contribution in [-0.4, -0.2) is 32.0 Å². The molecule has 0 spiro atoms. The van der Waals surface area contributed by atoms with Crippen LogP contribution >= 0.6 is 0 Å². The Kier molecular flexibility index (Phi) is 5.67. The predicted octanol–water partition coefficient (Wildman–Crippen LogP) is -1.64. The van der Waals surface area contributed by atoms with Crippen molar-refractivity contribution >= 4 is 21.9 Å². The molecule has 2 rings (SSSR count). The maximum absolute atomic E-state index is 11.5. The zero-order valence-corrected chi connectivity index (χ0v) is 9.50. The molecule has 0 amide bonds. The van der Waals surface area contributed by atoms with Crippen molar-refractivity contribution in [1.82, 2.24) is 4.72 Å². The Balaban J connectivity index is 0.00000112. The molecule has 0 aliphatic heterocycles. The maximum atomic E-state index is 11.5. The molecule has 1 aliphatic rings. The molecule has 0 unspecified atom stereocenters. The Labute approximate surface area is 95.7 Å². The number of nitrogens with one attached hydrogen (secondary N) is 1. The third-order valence-electron chi connectivity index (χ3n) is 2.00. The first-order valence-electron chi connectivity index (χ1n) is 4.58. The van der Waals surface area contributed by atoms with Crippen molar-refractivity contribution in [2.45, 2.75) is 18.9 Å². The Morgan fingerprint density at radius 2 is 1.69 bits per heavy atom. The fourth-order valence-electron chi connectivity index (χ4n) is 1.18. The third-order valence-corrected chi connectivity index (χ3v) is 3.24. The normalized spacial score (nSPS) is 14.5. The maximum Gasteiger partial charge on any atom is 0.338 e. The highest BCUT2D eigenvalue weighted by Gasteiger charge is 2.27. The molecule has 5 N–H and O–H groups in total. The van der Waals surface area contributed by atoms with E-state index >= 15 is 0 Å². The summed E-state index contributed by atoms with van der Waals surface area (Å²) in [6.45, 7) is 1.27. The van der Waals surface area contributed by atoms with E-state index in [-0.39, 0.29) is 17.0 Å². The lowest BCUT2D eigenvalue weighted by atomic mass is 9.95. The van der Waals surface area contributed by atoms with Crippen molar-refractivity contribution in [3.63, 3.8) is 0 Å². The lowest BCUT2D eigenvalue weighted by Crippen LogP contribution is -2.36. The average molecular weight is 244 g/mol. The van der Waals surface area contributed by atoms with Gasteiger partial charge in [0.1, 0.15) is 0 Å². The average Bonchev–Trinajstić information content (AvgIpc) is 2.88. The molecular weight excluding hydrogens is 229 g/mol. The quantitative estimate of drug-likeness (QED) is 0.641. The highest BCUT2D eigenvalue weighted by atomic mass is 32.2. The molecule has 1 aromatic rings. The first-order valence-corrected chi connectivity index (χ1v) is 6.12. The molecule has 0 saturated heterocycles. The molecule has 1 aliphatic carbocycles. The lowest BCUT2D eigenvalue weighted by molar-refractivity contribution is 0.595. The molecule has 0 atom stereocenters. The van der Waals surface area contributed by atoms with E-state index in [9.17, 15) is 8.42 Å². The van der Waals surface area contributed by atoms with Gasteiger partial charge in [-0.2, -0.15) is 0 Å². The van der Waals surface area contributed by atoms with Gasteiger partial charge in [-0.15, -0.1) is 0 Å². The van der Waals surface area contributed by atoms with E-state index < -0.39 is 9.87 Å². The van der Waals surface area contributed by atoms with Crippen molar-refractivity contribution in [3.05, 3.63) is 30.3 Å². The highest BCUT2D eigenvalue weighted by Crippen LogP contribution is 2.19. The van der Waals surface area contributed by atoms with E-state index in [4.69, 9.17) is 0 Å². The van der Waals surface area contributed by atoms with Crippen molar-refractivity contribution in [1.29, 1.82) is 0 Å². The molecule has 1 saturated carbocycles.